The highest BCUT2D eigenvalue weighted by atomic mass is 32.2. The van der Waals surface area contributed by atoms with Crippen molar-refractivity contribution in [2.45, 2.75) is 6.42 Å². The Morgan fingerprint density at radius 3 is 2.70 bits per heavy atom. The number of rotatable bonds is 2. The molecule has 0 saturated carbocycles. The summed E-state index contributed by atoms with van der Waals surface area (Å²) in [5.41, 5.74) is 0.613. The quantitative estimate of drug-likeness (QED) is 0.578. The first-order valence-corrected chi connectivity index (χ1v) is 4.29. The molecule has 0 amide bonds. The third kappa shape index (κ3) is 2.20. The molecule has 1 aliphatic carbocycles. The molecule has 0 spiro atoms. The van der Waals surface area contributed by atoms with E-state index in [-0.39, 0.29) is 0 Å². The summed E-state index contributed by atoms with van der Waals surface area (Å²) in [4.78, 5) is 0. The van der Waals surface area contributed by atoms with Gasteiger partial charge in [-0.05, 0) is 6.08 Å². The fourth-order valence-electron chi connectivity index (χ4n) is 0.706. The lowest BCUT2D eigenvalue weighted by Gasteiger charge is -2.01. The molecule has 56 valence electrons. The first-order valence-electron chi connectivity index (χ1n) is 2.74. The lowest BCUT2D eigenvalue weighted by molar-refractivity contribution is 0.590. The molecular formula is C5H8N2O2S. The topological polar surface area (TPSA) is 72.2 Å². The third-order valence-electron chi connectivity index (χ3n) is 1.04. The van der Waals surface area contributed by atoms with Crippen LogP contribution in [0.2, 0.25) is 0 Å². The molecule has 0 aliphatic heterocycles. The van der Waals surface area contributed by atoms with E-state index in [1.54, 1.807) is 12.2 Å². The standard InChI is InChI=1S/C5H8N2O2S/c6-10(8,9)7-5-3-1-2-4-5/h1-3,7H,4H2,(H2,6,8,9). The molecule has 0 bridgehead atoms. The Morgan fingerprint density at radius 2 is 2.30 bits per heavy atom. The van der Waals surface area contributed by atoms with E-state index in [0.29, 0.717) is 12.1 Å². The van der Waals surface area contributed by atoms with Crippen molar-refractivity contribution in [3.63, 3.8) is 0 Å². The Hall–Kier alpha value is -0.810. The summed E-state index contributed by atoms with van der Waals surface area (Å²) in [6.07, 6.45) is 5.89. The van der Waals surface area contributed by atoms with Gasteiger partial charge in [0, 0.05) is 12.1 Å². The Morgan fingerprint density at radius 1 is 1.60 bits per heavy atom. The van der Waals surface area contributed by atoms with Crippen molar-refractivity contribution >= 4 is 10.2 Å². The fourth-order valence-corrected chi connectivity index (χ4v) is 1.22. The van der Waals surface area contributed by atoms with Crippen LogP contribution in [0.1, 0.15) is 6.42 Å². The number of hydrogen-bond acceptors (Lipinski definition) is 2. The van der Waals surface area contributed by atoms with Crippen molar-refractivity contribution in [1.29, 1.82) is 0 Å². The Bertz CT molecular complexity index is 276. The van der Waals surface area contributed by atoms with Crippen molar-refractivity contribution in [1.82, 2.24) is 4.72 Å². The summed E-state index contributed by atoms with van der Waals surface area (Å²) in [6, 6.07) is 0. The molecule has 0 heterocycles. The van der Waals surface area contributed by atoms with E-state index in [1.807, 2.05) is 6.08 Å². The predicted octanol–water partition coefficient (Wildman–Crippen LogP) is -0.377. The average Bonchev–Trinajstić information content (AvgIpc) is 2.12. The maximum Gasteiger partial charge on any atom is 0.296 e. The summed E-state index contributed by atoms with van der Waals surface area (Å²) in [6.45, 7) is 0. The van der Waals surface area contributed by atoms with Gasteiger partial charge in [-0.2, -0.15) is 8.42 Å². The van der Waals surface area contributed by atoms with Crippen LogP contribution >= 0.6 is 0 Å². The lowest BCUT2D eigenvalue weighted by atomic mass is 10.4. The van der Waals surface area contributed by atoms with Crippen LogP contribution in [0.25, 0.3) is 0 Å². The zero-order valence-electron chi connectivity index (χ0n) is 5.24. The monoisotopic (exact) mass is 160 g/mol. The first-order chi connectivity index (χ1) is 4.58. The minimum Gasteiger partial charge on any atom is -0.275 e. The van der Waals surface area contributed by atoms with E-state index >= 15 is 0 Å². The van der Waals surface area contributed by atoms with Crippen molar-refractivity contribution in [2.24, 2.45) is 5.14 Å². The van der Waals surface area contributed by atoms with Gasteiger partial charge < -0.3 is 0 Å². The van der Waals surface area contributed by atoms with E-state index in [1.165, 1.54) is 0 Å². The highest BCUT2D eigenvalue weighted by molar-refractivity contribution is 7.87. The molecule has 10 heavy (non-hydrogen) atoms. The van der Waals surface area contributed by atoms with E-state index < -0.39 is 10.2 Å². The second-order valence-electron chi connectivity index (χ2n) is 1.97. The smallest absolute Gasteiger partial charge is 0.275 e. The van der Waals surface area contributed by atoms with Crippen molar-refractivity contribution in [2.75, 3.05) is 0 Å². The van der Waals surface area contributed by atoms with Crippen molar-refractivity contribution in [3.05, 3.63) is 23.9 Å². The van der Waals surface area contributed by atoms with Crippen LogP contribution in [0.15, 0.2) is 23.9 Å². The summed E-state index contributed by atoms with van der Waals surface area (Å²) in [5, 5.41) is 4.71. The van der Waals surface area contributed by atoms with Crippen LogP contribution in [0.4, 0.5) is 0 Å². The normalized spacial score (nSPS) is 17.1. The SMILES string of the molecule is NS(=O)(=O)NC1=CC=CC1. The van der Waals surface area contributed by atoms with Gasteiger partial charge in [0.25, 0.3) is 10.2 Å². The Labute approximate surface area is 59.6 Å². The molecule has 4 nitrogen and oxygen atoms in total. The van der Waals surface area contributed by atoms with Crippen molar-refractivity contribution < 1.29 is 8.42 Å². The molecule has 1 rings (SSSR count). The first kappa shape index (κ1) is 7.30. The molecule has 0 aromatic rings. The molecule has 3 N–H and O–H groups in total. The molecule has 0 atom stereocenters. The maximum atomic E-state index is 10.4. The summed E-state index contributed by atoms with van der Waals surface area (Å²) < 4.78 is 22.9. The van der Waals surface area contributed by atoms with Gasteiger partial charge in [0.1, 0.15) is 0 Å². The van der Waals surface area contributed by atoms with Gasteiger partial charge in [0.15, 0.2) is 0 Å². The van der Waals surface area contributed by atoms with Gasteiger partial charge in [-0.3, -0.25) is 4.72 Å². The molecule has 0 radical (unpaired) electrons. The fraction of sp³-hybridized carbons (Fsp3) is 0.200. The minimum atomic E-state index is -3.57. The van der Waals surface area contributed by atoms with Crippen molar-refractivity contribution in [3.8, 4) is 0 Å². The van der Waals surface area contributed by atoms with Gasteiger partial charge in [0.2, 0.25) is 0 Å². The minimum absolute atomic E-state index is 0.608. The molecule has 0 unspecified atom stereocenters. The van der Waals surface area contributed by atoms with Gasteiger partial charge in [0.05, 0.1) is 0 Å². The van der Waals surface area contributed by atoms with Crippen LogP contribution < -0.4 is 9.86 Å². The van der Waals surface area contributed by atoms with Crippen LogP contribution in [0, 0.1) is 0 Å². The summed E-state index contributed by atoms with van der Waals surface area (Å²) in [5.74, 6) is 0. The molecule has 0 fully saturated rings. The summed E-state index contributed by atoms with van der Waals surface area (Å²) in [7, 11) is -3.57. The second kappa shape index (κ2) is 2.43. The number of nitrogens with one attached hydrogen (secondary N) is 1. The average molecular weight is 160 g/mol. The van der Waals surface area contributed by atoms with E-state index in [0.717, 1.165) is 0 Å². The molecule has 0 aromatic heterocycles. The largest absolute Gasteiger partial charge is 0.296 e. The van der Waals surface area contributed by atoms with Crippen LogP contribution in [0.5, 0.6) is 0 Å². The van der Waals surface area contributed by atoms with Gasteiger partial charge in [-0.1, -0.05) is 12.2 Å². The van der Waals surface area contributed by atoms with Gasteiger partial charge in [-0.15, -0.1) is 0 Å². The highest BCUT2D eigenvalue weighted by Crippen LogP contribution is 2.06. The molecule has 0 saturated heterocycles. The molecule has 5 heteroatoms. The highest BCUT2D eigenvalue weighted by Gasteiger charge is 2.04. The van der Waals surface area contributed by atoms with Gasteiger partial charge >= 0.3 is 0 Å². The number of nitrogens with two attached hydrogens (primary N) is 1. The maximum absolute atomic E-state index is 10.4. The number of allylic oxidation sites excluding steroid dienone is 3. The zero-order chi connectivity index (χ0) is 7.61. The molecular weight excluding hydrogens is 152 g/mol. The molecule has 1 aliphatic rings. The van der Waals surface area contributed by atoms with E-state index in [4.69, 9.17) is 5.14 Å². The predicted molar refractivity (Wildman–Crippen MR) is 38.1 cm³/mol. The Balaban J connectivity index is 2.57. The number of hydrogen-bond donors (Lipinski definition) is 2. The third-order valence-corrected chi connectivity index (χ3v) is 1.59. The van der Waals surface area contributed by atoms with Gasteiger partial charge in [-0.25, -0.2) is 5.14 Å². The second-order valence-corrected chi connectivity index (χ2v) is 3.27. The Kier molecular flexibility index (Phi) is 1.78. The van der Waals surface area contributed by atoms with Crippen LogP contribution in [-0.4, -0.2) is 8.42 Å². The molecule has 0 aromatic carbocycles. The lowest BCUT2D eigenvalue weighted by Crippen LogP contribution is -2.29. The van der Waals surface area contributed by atoms with Crippen LogP contribution in [0.3, 0.4) is 0 Å². The van der Waals surface area contributed by atoms with E-state index in [9.17, 15) is 8.42 Å². The van der Waals surface area contributed by atoms with E-state index in [2.05, 4.69) is 4.72 Å². The zero-order valence-corrected chi connectivity index (χ0v) is 6.06. The summed E-state index contributed by atoms with van der Waals surface area (Å²) >= 11 is 0. The van der Waals surface area contributed by atoms with Crippen LogP contribution in [-0.2, 0) is 10.2 Å².